The number of nitrogens with zero attached hydrogens (tertiary/aromatic N) is 2. The van der Waals surface area contributed by atoms with Crippen molar-refractivity contribution in [1.82, 2.24) is 15.1 Å². The standard InChI is InChI=1S/C15H24N4O2.ClH/c1-21-5-4-19-10-14(9-16-19)18-15(20)8-11-6-12-2-3-13(7-11)17-12;/h9-13,17H,2-8H2,1H3,(H,18,20);1H. The molecule has 0 aromatic carbocycles. The molecule has 0 saturated carbocycles. The molecule has 22 heavy (non-hydrogen) atoms. The van der Waals surface area contributed by atoms with Gasteiger partial charge in [-0.25, -0.2) is 0 Å². The maximum absolute atomic E-state index is 12.1. The van der Waals surface area contributed by atoms with Gasteiger partial charge in [0.05, 0.1) is 25.0 Å². The molecule has 6 nitrogen and oxygen atoms in total. The number of hydrogen-bond donors (Lipinski definition) is 2. The molecule has 1 amide bonds. The van der Waals surface area contributed by atoms with Crippen molar-refractivity contribution in [2.75, 3.05) is 19.0 Å². The predicted molar refractivity (Wildman–Crippen MR) is 87.3 cm³/mol. The number of ether oxygens (including phenoxy) is 1. The van der Waals surface area contributed by atoms with Crippen LogP contribution in [0.15, 0.2) is 12.4 Å². The number of methoxy groups -OCH3 is 1. The van der Waals surface area contributed by atoms with Gasteiger partial charge in [0, 0.05) is 31.8 Å². The van der Waals surface area contributed by atoms with Crippen LogP contribution in [0.25, 0.3) is 0 Å². The minimum atomic E-state index is 0. The van der Waals surface area contributed by atoms with E-state index in [0.29, 0.717) is 37.6 Å². The maximum atomic E-state index is 12.1. The van der Waals surface area contributed by atoms with Crippen molar-refractivity contribution < 1.29 is 9.53 Å². The minimum Gasteiger partial charge on any atom is -0.383 e. The second-order valence-electron chi connectivity index (χ2n) is 6.21. The average Bonchev–Trinajstić information content (AvgIpc) is 3.03. The molecular weight excluding hydrogens is 304 g/mol. The zero-order valence-electron chi connectivity index (χ0n) is 13.0. The lowest BCUT2D eigenvalue weighted by Crippen LogP contribution is -2.39. The first-order valence-electron chi connectivity index (χ1n) is 7.80. The van der Waals surface area contributed by atoms with E-state index >= 15 is 0 Å². The van der Waals surface area contributed by atoms with Gasteiger partial charge >= 0.3 is 0 Å². The first-order chi connectivity index (χ1) is 10.2. The van der Waals surface area contributed by atoms with E-state index in [1.165, 1.54) is 12.8 Å². The summed E-state index contributed by atoms with van der Waals surface area (Å²) in [5.41, 5.74) is 0.771. The van der Waals surface area contributed by atoms with Gasteiger partial charge in [-0.3, -0.25) is 9.48 Å². The molecule has 0 aliphatic carbocycles. The Labute approximate surface area is 137 Å². The number of amides is 1. The first-order valence-corrected chi connectivity index (χ1v) is 7.80. The molecule has 2 saturated heterocycles. The molecule has 0 radical (unpaired) electrons. The lowest BCUT2D eigenvalue weighted by Gasteiger charge is -2.28. The topological polar surface area (TPSA) is 68.2 Å². The number of halogens is 1. The van der Waals surface area contributed by atoms with Crippen molar-refractivity contribution in [3.63, 3.8) is 0 Å². The number of fused-ring (bicyclic) bond motifs is 2. The third-order valence-corrected chi connectivity index (χ3v) is 4.49. The van der Waals surface area contributed by atoms with E-state index < -0.39 is 0 Å². The van der Waals surface area contributed by atoms with E-state index in [1.807, 2.05) is 6.20 Å². The van der Waals surface area contributed by atoms with Crippen LogP contribution in [0.5, 0.6) is 0 Å². The third kappa shape index (κ3) is 4.44. The molecule has 2 atom stereocenters. The summed E-state index contributed by atoms with van der Waals surface area (Å²) < 4.78 is 6.79. The van der Waals surface area contributed by atoms with Crippen LogP contribution in [0.2, 0.25) is 0 Å². The van der Waals surface area contributed by atoms with E-state index in [2.05, 4.69) is 15.7 Å². The van der Waals surface area contributed by atoms with Gasteiger partial charge in [-0.15, -0.1) is 12.4 Å². The van der Waals surface area contributed by atoms with E-state index in [-0.39, 0.29) is 18.3 Å². The summed E-state index contributed by atoms with van der Waals surface area (Å²) in [7, 11) is 1.67. The Bertz CT molecular complexity index is 482. The number of aromatic nitrogens is 2. The second kappa shape index (κ2) is 7.94. The molecule has 2 N–H and O–H groups in total. The number of nitrogens with one attached hydrogen (secondary N) is 2. The lowest BCUT2D eigenvalue weighted by atomic mass is 9.89. The summed E-state index contributed by atoms with van der Waals surface area (Å²) >= 11 is 0. The number of hydrogen-bond acceptors (Lipinski definition) is 4. The summed E-state index contributed by atoms with van der Waals surface area (Å²) in [6, 6.07) is 1.27. The van der Waals surface area contributed by atoms with Gasteiger partial charge in [0.25, 0.3) is 0 Å². The average molecular weight is 329 g/mol. The van der Waals surface area contributed by atoms with E-state index in [1.54, 1.807) is 18.0 Å². The number of rotatable bonds is 6. The van der Waals surface area contributed by atoms with Crippen LogP contribution in [0, 0.1) is 5.92 Å². The molecule has 2 aliphatic heterocycles. The molecule has 2 unspecified atom stereocenters. The maximum Gasteiger partial charge on any atom is 0.224 e. The van der Waals surface area contributed by atoms with Crippen LogP contribution < -0.4 is 10.6 Å². The monoisotopic (exact) mass is 328 g/mol. The summed E-state index contributed by atoms with van der Waals surface area (Å²) in [4.78, 5) is 12.1. The van der Waals surface area contributed by atoms with Gasteiger partial charge in [-0.2, -0.15) is 5.10 Å². The molecule has 7 heteroatoms. The van der Waals surface area contributed by atoms with Crippen LogP contribution in [0.1, 0.15) is 32.1 Å². The second-order valence-corrected chi connectivity index (χ2v) is 6.21. The molecule has 124 valence electrons. The van der Waals surface area contributed by atoms with Gasteiger partial charge in [0.15, 0.2) is 0 Å². The van der Waals surface area contributed by atoms with Crippen LogP contribution >= 0.6 is 12.4 Å². The summed E-state index contributed by atoms with van der Waals surface area (Å²) in [5.74, 6) is 0.625. The van der Waals surface area contributed by atoms with Gasteiger partial charge in [-0.05, 0) is 31.6 Å². The quantitative estimate of drug-likeness (QED) is 0.835. The van der Waals surface area contributed by atoms with Crippen molar-refractivity contribution in [2.24, 2.45) is 5.92 Å². The molecule has 2 aliphatic rings. The Balaban J connectivity index is 0.00000176. The van der Waals surface area contributed by atoms with Gasteiger partial charge in [0.1, 0.15) is 0 Å². The van der Waals surface area contributed by atoms with Crippen molar-refractivity contribution >= 4 is 24.0 Å². The van der Waals surface area contributed by atoms with Crippen molar-refractivity contribution in [3.8, 4) is 0 Å². The van der Waals surface area contributed by atoms with E-state index in [9.17, 15) is 4.79 Å². The fourth-order valence-corrected chi connectivity index (χ4v) is 3.55. The summed E-state index contributed by atoms with van der Waals surface area (Å²) in [6.07, 6.45) is 8.98. The number of carbonyl (C=O) groups excluding carboxylic acids is 1. The zero-order chi connectivity index (χ0) is 14.7. The molecule has 3 heterocycles. The van der Waals surface area contributed by atoms with Crippen LogP contribution in [-0.2, 0) is 16.1 Å². The molecule has 1 aromatic rings. The van der Waals surface area contributed by atoms with Crippen LogP contribution in [-0.4, -0.2) is 41.5 Å². The lowest BCUT2D eigenvalue weighted by molar-refractivity contribution is -0.117. The highest BCUT2D eigenvalue weighted by Crippen LogP contribution is 2.32. The van der Waals surface area contributed by atoms with Crippen molar-refractivity contribution in [2.45, 2.75) is 50.7 Å². The number of carbonyl (C=O) groups is 1. The molecule has 2 bridgehead atoms. The smallest absolute Gasteiger partial charge is 0.224 e. The third-order valence-electron chi connectivity index (χ3n) is 4.49. The van der Waals surface area contributed by atoms with E-state index in [0.717, 1.165) is 18.5 Å². The Hall–Kier alpha value is -1.11. The summed E-state index contributed by atoms with van der Waals surface area (Å²) in [5, 5.41) is 10.8. The number of anilines is 1. The summed E-state index contributed by atoms with van der Waals surface area (Å²) in [6.45, 7) is 1.32. The Morgan fingerprint density at radius 1 is 1.45 bits per heavy atom. The first kappa shape index (κ1) is 17.2. The van der Waals surface area contributed by atoms with Crippen LogP contribution in [0.4, 0.5) is 5.69 Å². The molecule has 3 rings (SSSR count). The highest BCUT2D eigenvalue weighted by atomic mass is 35.5. The number of piperidine rings is 1. The Kier molecular flexibility index (Phi) is 6.23. The molecule has 1 aromatic heterocycles. The zero-order valence-corrected chi connectivity index (χ0v) is 13.8. The van der Waals surface area contributed by atoms with Gasteiger partial charge in [-0.1, -0.05) is 0 Å². The normalized spacial score (nSPS) is 26.5. The SMILES string of the molecule is COCCn1cc(NC(=O)CC2CC3CCC(C2)N3)cn1.Cl. The Morgan fingerprint density at radius 2 is 2.18 bits per heavy atom. The van der Waals surface area contributed by atoms with Gasteiger partial charge in [0.2, 0.25) is 5.91 Å². The highest BCUT2D eigenvalue weighted by Gasteiger charge is 2.34. The molecule has 0 spiro atoms. The van der Waals surface area contributed by atoms with Gasteiger partial charge < -0.3 is 15.4 Å². The predicted octanol–water partition coefficient (Wildman–Crippen LogP) is 1.81. The molecule has 2 fully saturated rings. The van der Waals surface area contributed by atoms with E-state index in [4.69, 9.17) is 4.74 Å². The van der Waals surface area contributed by atoms with Crippen molar-refractivity contribution in [1.29, 1.82) is 0 Å². The molecular formula is C15H25ClN4O2. The largest absolute Gasteiger partial charge is 0.383 e. The van der Waals surface area contributed by atoms with Crippen LogP contribution in [0.3, 0.4) is 0 Å². The fourth-order valence-electron chi connectivity index (χ4n) is 3.55. The van der Waals surface area contributed by atoms with Crippen molar-refractivity contribution in [3.05, 3.63) is 12.4 Å². The fraction of sp³-hybridized carbons (Fsp3) is 0.733. The highest BCUT2D eigenvalue weighted by molar-refractivity contribution is 5.90. The Morgan fingerprint density at radius 3 is 2.86 bits per heavy atom. The minimum absolute atomic E-state index is 0.